The van der Waals surface area contributed by atoms with Gasteiger partial charge >= 0.3 is 0 Å². The van der Waals surface area contributed by atoms with E-state index >= 15 is 0 Å². The molecule has 4 heterocycles. The fourth-order valence-corrected chi connectivity index (χ4v) is 3.19. The number of anilines is 1. The van der Waals surface area contributed by atoms with Crippen molar-refractivity contribution in [2.75, 3.05) is 25.1 Å². The Balaban J connectivity index is 1.82. The van der Waals surface area contributed by atoms with Gasteiger partial charge in [0.1, 0.15) is 11.5 Å². The molecule has 0 radical (unpaired) electrons. The molecule has 1 aliphatic heterocycles. The van der Waals surface area contributed by atoms with Crippen molar-refractivity contribution in [2.24, 2.45) is 0 Å². The summed E-state index contributed by atoms with van der Waals surface area (Å²) >= 11 is 0. The Labute approximate surface area is 152 Å². The summed E-state index contributed by atoms with van der Waals surface area (Å²) in [6.07, 6.45) is 7.07. The molecule has 7 nitrogen and oxygen atoms in total. The van der Waals surface area contributed by atoms with Crippen LogP contribution < -0.4 is 9.64 Å². The number of ether oxygens (including phenoxy) is 1. The standard InChI is InChI=1S/C19H21N5O2/c1-13-21-15(11-17(22-13)25-2)14-12-20-19(24-8-4-3-5-9-24)23-18(14)16-7-6-10-26-16/h6-7,10-12H,3-5,8-9H2,1-2H3. The van der Waals surface area contributed by atoms with E-state index in [1.165, 1.54) is 19.3 Å². The number of hydrogen-bond acceptors (Lipinski definition) is 7. The molecule has 3 aromatic rings. The van der Waals surface area contributed by atoms with Crippen LogP contribution in [0.5, 0.6) is 5.88 Å². The van der Waals surface area contributed by atoms with E-state index in [1.54, 1.807) is 19.4 Å². The molecular formula is C19H21N5O2. The average Bonchev–Trinajstić information content (AvgIpc) is 3.22. The van der Waals surface area contributed by atoms with Gasteiger partial charge in [-0.2, -0.15) is 4.98 Å². The fraction of sp³-hybridized carbons (Fsp3) is 0.368. The van der Waals surface area contributed by atoms with E-state index in [9.17, 15) is 0 Å². The topological polar surface area (TPSA) is 77.2 Å². The molecule has 0 amide bonds. The summed E-state index contributed by atoms with van der Waals surface area (Å²) in [6.45, 7) is 3.80. The Morgan fingerprint density at radius 1 is 1.12 bits per heavy atom. The maximum absolute atomic E-state index is 5.63. The summed E-state index contributed by atoms with van der Waals surface area (Å²) in [5, 5.41) is 0. The normalized spacial score (nSPS) is 14.5. The smallest absolute Gasteiger partial charge is 0.226 e. The zero-order chi connectivity index (χ0) is 17.9. The molecule has 26 heavy (non-hydrogen) atoms. The second kappa shape index (κ2) is 7.11. The Morgan fingerprint density at radius 2 is 1.96 bits per heavy atom. The van der Waals surface area contributed by atoms with Crippen molar-refractivity contribution in [1.29, 1.82) is 0 Å². The highest BCUT2D eigenvalue weighted by Crippen LogP contribution is 2.32. The van der Waals surface area contributed by atoms with Crippen molar-refractivity contribution in [3.05, 3.63) is 36.5 Å². The largest absolute Gasteiger partial charge is 0.481 e. The van der Waals surface area contributed by atoms with Gasteiger partial charge in [0.05, 0.1) is 19.1 Å². The first-order valence-corrected chi connectivity index (χ1v) is 8.80. The zero-order valence-electron chi connectivity index (χ0n) is 15.0. The van der Waals surface area contributed by atoms with E-state index in [2.05, 4.69) is 19.9 Å². The number of furan rings is 1. The molecule has 0 spiro atoms. The minimum Gasteiger partial charge on any atom is -0.481 e. The van der Waals surface area contributed by atoms with Gasteiger partial charge in [-0.3, -0.25) is 0 Å². The molecule has 134 valence electrons. The minimum atomic E-state index is 0.512. The van der Waals surface area contributed by atoms with E-state index in [-0.39, 0.29) is 0 Å². The molecular weight excluding hydrogens is 330 g/mol. The monoisotopic (exact) mass is 351 g/mol. The Bertz CT molecular complexity index is 889. The zero-order valence-corrected chi connectivity index (χ0v) is 15.0. The summed E-state index contributed by atoms with van der Waals surface area (Å²) in [4.78, 5) is 20.4. The quantitative estimate of drug-likeness (QED) is 0.712. The Morgan fingerprint density at radius 3 is 2.69 bits per heavy atom. The predicted octanol–water partition coefficient (Wildman–Crippen LogP) is 3.50. The molecule has 0 bridgehead atoms. The second-order valence-electron chi connectivity index (χ2n) is 6.30. The molecule has 0 unspecified atom stereocenters. The highest BCUT2D eigenvalue weighted by molar-refractivity contribution is 5.77. The van der Waals surface area contributed by atoms with Crippen LogP contribution in [0.2, 0.25) is 0 Å². The van der Waals surface area contributed by atoms with Crippen LogP contribution in [0.15, 0.2) is 35.1 Å². The Kier molecular flexibility index (Phi) is 4.51. The third-order valence-electron chi connectivity index (χ3n) is 4.47. The maximum atomic E-state index is 5.63. The third kappa shape index (κ3) is 3.24. The van der Waals surface area contributed by atoms with Crippen molar-refractivity contribution < 1.29 is 9.15 Å². The first kappa shape index (κ1) is 16.5. The molecule has 1 fully saturated rings. The van der Waals surface area contributed by atoms with Gasteiger partial charge in [-0.15, -0.1) is 0 Å². The maximum Gasteiger partial charge on any atom is 0.226 e. The van der Waals surface area contributed by atoms with Gasteiger partial charge in [0.15, 0.2) is 5.76 Å². The van der Waals surface area contributed by atoms with Crippen LogP contribution in [-0.4, -0.2) is 40.1 Å². The summed E-state index contributed by atoms with van der Waals surface area (Å²) in [5.74, 6) is 2.57. The van der Waals surface area contributed by atoms with Crippen molar-refractivity contribution in [1.82, 2.24) is 19.9 Å². The molecule has 0 aromatic carbocycles. The van der Waals surface area contributed by atoms with E-state index in [1.807, 2.05) is 25.3 Å². The summed E-state index contributed by atoms with van der Waals surface area (Å²) in [5.41, 5.74) is 2.24. The molecule has 0 saturated carbocycles. The van der Waals surface area contributed by atoms with E-state index in [0.29, 0.717) is 23.2 Å². The molecule has 3 aromatic heterocycles. The number of methoxy groups -OCH3 is 1. The molecule has 0 atom stereocenters. The number of aryl methyl sites for hydroxylation is 1. The summed E-state index contributed by atoms with van der Waals surface area (Å²) in [7, 11) is 1.59. The molecule has 1 saturated heterocycles. The highest BCUT2D eigenvalue weighted by Gasteiger charge is 2.20. The van der Waals surface area contributed by atoms with E-state index in [4.69, 9.17) is 14.1 Å². The number of hydrogen-bond donors (Lipinski definition) is 0. The van der Waals surface area contributed by atoms with Crippen molar-refractivity contribution in [2.45, 2.75) is 26.2 Å². The van der Waals surface area contributed by atoms with Gasteiger partial charge in [0.2, 0.25) is 11.8 Å². The van der Waals surface area contributed by atoms with Crippen LogP contribution in [0.25, 0.3) is 22.7 Å². The van der Waals surface area contributed by atoms with E-state index < -0.39 is 0 Å². The number of rotatable bonds is 4. The van der Waals surface area contributed by atoms with E-state index in [0.717, 1.165) is 30.3 Å². The molecule has 1 aliphatic rings. The van der Waals surface area contributed by atoms with Gasteiger partial charge < -0.3 is 14.1 Å². The number of piperidine rings is 1. The third-order valence-corrected chi connectivity index (χ3v) is 4.47. The number of nitrogens with zero attached hydrogens (tertiary/aromatic N) is 5. The van der Waals surface area contributed by atoms with Crippen LogP contribution in [0.1, 0.15) is 25.1 Å². The first-order chi connectivity index (χ1) is 12.7. The molecule has 7 heteroatoms. The fourth-order valence-electron chi connectivity index (χ4n) is 3.19. The lowest BCUT2D eigenvalue weighted by molar-refractivity contribution is 0.396. The van der Waals surface area contributed by atoms with Crippen LogP contribution in [0.4, 0.5) is 5.95 Å². The average molecular weight is 351 g/mol. The lowest BCUT2D eigenvalue weighted by atomic mass is 10.1. The second-order valence-corrected chi connectivity index (χ2v) is 6.30. The number of aromatic nitrogens is 4. The van der Waals surface area contributed by atoms with Crippen molar-refractivity contribution >= 4 is 5.95 Å². The lowest BCUT2D eigenvalue weighted by Crippen LogP contribution is -2.31. The minimum absolute atomic E-state index is 0.512. The van der Waals surface area contributed by atoms with Crippen LogP contribution in [0, 0.1) is 6.92 Å². The van der Waals surface area contributed by atoms with Gasteiger partial charge in [-0.1, -0.05) is 0 Å². The van der Waals surface area contributed by atoms with Gasteiger partial charge in [0.25, 0.3) is 0 Å². The van der Waals surface area contributed by atoms with Crippen LogP contribution >= 0.6 is 0 Å². The van der Waals surface area contributed by atoms with Gasteiger partial charge in [-0.25, -0.2) is 15.0 Å². The molecule has 4 rings (SSSR count). The molecule has 0 N–H and O–H groups in total. The highest BCUT2D eigenvalue weighted by atomic mass is 16.5. The lowest BCUT2D eigenvalue weighted by Gasteiger charge is -2.27. The molecule has 0 aliphatic carbocycles. The van der Waals surface area contributed by atoms with Crippen molar-refractivity contribution in [3.8, 4) is 28.6 Å². The predicted molar refractivity (Wildman–Crippen MR) is 98.1 cm³/mol. The first-order valence-electron chi connectivity index (χ1n) is 8.80. The summed E-state index contributed by atoms with van der Waals surface area (Å²) in [6, 6.07) is 5.55. The van der Waals surface area contributed by atoms with Gasteiger partial charge in [-0.05, 0) is 38.3 Å². The summed E-state index contributed by atoms with van der Waals surface area (Å²) < 4.78 is 10.9. The van der Waals surface area contributed by atoms with Crippen LogP contribution in [-0.2, 0) is 0 Å². The van der Waals surface area contributed by atoms with Crippen LogP contribution in [0.3, 0.4) is 0 Å². The van der Waals surface area contributed by atoms with Gasteiger partial charge in [0, 0.05) is 30.9 Å². The van der Waals surface area contributed by atoms with Crippen molar-refractivity contribution in [3.63, 3.8) is 0 Å². The Hall–Kier alpha value is -2.96. The SMILES string of the molecule is COc1cc(-c2cnc(N3CCCCC3)nc2-c2ccco2)nc(C)n1.